The number of piperidine rings is 1. The molecule has 2 aliphatic rings. The number of benzene rings is 1. The number of rotatable bonds is 3. The highest BCUT2D eigenvalue weighted by Gasteiger charge is 2.36. The van der Waals surface area contributed by atoms with Crippen LogP contribution in [0.3, 0.4) is 0 Å². The van der Waals surface area contributed by atoms with Crippen LogP contribution in [-0.2, 0) is 0 Å². The minimum absolute atomic E-state index is 0.106. The van der Waals surface area contributed by atoms with Crippen LogP contribution in [0.1, 0.15) is 54.3 Å². The number of aromatic nitrogens is 2. The molecule has 1 N–H and O–H groups in total. The fourth-order valence-electron chi connectivity index (χ4n) is 4.17. The van der Waals surface area contributed by atoms with Gasteiger partial charge in [0.25, 0.3) is 5.91 Å². The second-order valence-electron chi connectivity index (χ2n) is 7.52. The van der Waals surface area contributed by atoms with E-state index in [4.69, 9.17) is 0 Å². The van der Waals surface area contributed by atoms with E-state index in [1.54, 1.807) is 23.1 Å². The smallest absolute Gasteiger partial charge is 0.274 e. The monoisotopic (exact) mass is 356 g/mol. The first kappa shape index (κ1) is 17.2. The van der Waals surface area contributed by atoms with Crippen LogP contribution in [0, 0.1) is 11.7 Å². The summed E-state index contributed by atoms with van der Waals surface area (Å²) in [5.41, 5.74) is 1.05. The first-order valence-corrected chi connectivity index (χ1v) is 9.44. The standard InChI is InChI=1S/C20H25FN4O/c1-14-11-19(16-6-2-3-7-17(16)21)24(13-14)20(26)18-8-10-25(23-18)15-5-4-9-22-12-15/h2-3,6-8,10,14-15,19,22H,4-5,9,11-13H2,1H3. The minimum Gasteiger partial charge on any atom is -0.330 e. The molecule has 4 rings (SSSR count). The molecule has 1 amide bonds. The van der Waals surface area contributed by atoms with Crippen LogP contribution < -0.4 is 5.32 Å². The van der Waals surface area contributed by atoms with E-state index in [1.165, 1.54) is 6.07 Å². The lowest BCUT2D eigenvalue weighted by Crippen LogP contribution is -2.33. The number of likely N-dealkylation sites (tertiary alicyclic amines) is 1. The molecule has 2 saturated heterocycles. The fourth-order valence-corrected chi connectivity index (χ4v) is 4.17. The number of amides is 1. The number of carbonyl (C=O) groups is 1. The molecule has 0 radical (unpaired) electrons. The Balaban J connectivity index is 1.56. The van der Waals surface area contributed by atoms with Gasteiger partial charge in [0, 0.05) is 24.8 Å². The third-order valence-electron chi connectivity index (χ3n) is 5.51. The summed E-state index contributed by atoms with van der Waals surface area (Å²) in [4.78, 5) is 14.9. The highest BCUT2D eigenvalue weighted by atomic mass is 19.1. The van der Waals surface area contributed by atoms with Crippen molar-refractivity contribution in [3.05, 3.63) is 53.6 Å². The van der Waals surface area contributed by atoms with Crippen molar-refractivity contribution < 1.29 is 9.18 Å². The highest BCUT2D eigenvalue weighted by molar-refractivity contribution is 5.92. The molecule has 1 aromatic heterocycles. The van der Waals surface area contributed by atoms with E-state index < -0.39 is 0 Å². The van der Waals surface area contributed by atoms with E-state index in [0.29, 0.717) is 29.8 Å². The Kier molecular flexibility index (Phi) is 4.76. The van der Waals surface area contributed by atoms with Gasteiger partial charge in [-0.05, 0) is 43.9 Å². The van der Waals surface area contributed by atoms with E-state index in [2.05, 4.69) is 17.3 Å². The minimum atomic E-state index is -0.247. The van der Waals surface area contributed by atoms with Crippen molar-refractivity contribution >= 4 is 5.91 Å². The van der Waals surface area contributed by atoms with E-state index in [1.807, 2.05) is 16.9 Å². The van der Waals surface area contributed by atoms with Crippen molar-refractivity contribution in [2.24, 2.45) is 5.92 Å². The second kappa shape index (κ2) is 7.19. The van der Waals surface area contributed by atoms with Gasteiger partial charge in [0.2, 0.25) is 0 Å². The first-order valence-electron chi connectivity index (χ1n) is 9.44. The molecule has 26 heavy (non-hydrogen) atoms. The average Bonchev–Trinajstić information content (AvgIpc) is 3.29. The lowest BCUT2D eigenvalue weighted by atomic mass is 10.0. The van der Waals surface area contributed by atoms with Gasteiger partial charge in [-0.2, -0.15) is 5.10 Å². The van der Waals surface area contributed by atoms with Gasteiger partial charge in [-0.3, -0.25) is 9.48 Å². The Labute approximate surface area is 153 Å². The quantitative estimate of drug-likeness (QED) is 0.919. The summed E-state index contributed by atoms with van der Waals surface area (Å²) in [6.07, 6.45) is 4.86. The van der Waals surface area contributed by atoms with Crippen LogP contribution >= 0.6 is 0 Å². The molecule has 5 nitrogen and oxygen atoms in total. The Bertz CT molecular complexity index is 784. The summed E-state index contributed by atoms with van der Waals surface area (Å²) in [6, 6.07) is 8.62. The molecule has 1 aromatic carbocycles. The summed E-state index contributed by atoms with van der Waals surface area (Å²) < 4.78 is 16.2. The molecule has 138 valence electrons. The lowest BCUT2D eigenvalue weighted by molar-refractivity contribution is 0.0722. The molecule has 0 saturated carbocycles. The number of hydrogen-bond acceptors (Lipinski definition) is 3. The van der Waals surface area contributed by atoms with Crippen LogP contribution in [0.2, 0.25) is 0 Å². The number of nitrogens with zero attached hydrogens (tertiary/aromatic N) is 3. The predicted molar refractivity (Wildman–Crippen MR) is 97.3 cm³/mol. The first-order chi connectivity index (χ1) is 12.6. The van der Waals surface area contributed by atoms with Gasteiger partial charge in [-0.25, -0.2) is 4.39 Å². The Morgan fingerprint density at radius 2 is 2.15 bits per heavy atom. The number of halogens is 1. The Morgan fingerprint density at radius 3 is 2.92 bits per heavy atom. The van der Waals surface area contributed by atoms with Crippen molar-refractivity contribution in [3.63, 3.8) is 0 Å². The molecular weight excluding hydrogens is 331 g/mol. The molecular formula is C20H25FN4O. The van der Waals surface area contributed by atoms with Crippen molar-refractivity contribution in [1.82, 2.24) is 20.0 Å². The average molecular weight is 356 g/mol. The predicted octanol–water partition coefficient (Wildman–Crippen LogP) is 3.17. The van der Waals surface area contributed by atoms with E-state index >= 15 is 0 Å². The SMILES string of the molecule is CC1CC(c2ccccc2F)N(C(=O)c2ccn(C3CCCNC3)n2)C1. The zero-order valence-electron chi connectivity index (χ0n) is 15.1. The summed E-state index contributed by atoms with van der Waals surface area (Å²) in [5.74, 6) is -0.0125. The molecule has 3 unspecified atom stereocenters. The van der Waals surface area contributed by atoms with Crippen LogP contribution in [0.4, 0.5) is 4.39 Å². The molecule has 0 aliphatic carbocycles. The zero-order valence-corrected chi connectivity index (χ0v) is 15.1. The maximum absolute atomic E-state index is 14.3. The van der Waals surface area contributed by atoms with Gasteiger partial charge >= 0.3 is 0 Å². The molecule has 0 spiro atoms. The Hall–Kier alpha value is -2.21. The van der Waals surface area contributed by atoms with E-state index in [9.17, 15) is 9.18 Å². The fraction of sp³-hybridized carbons (Fsp3) is 0.500. The van der Waals surface area contributed by atoms with Gasteiger partial charge in [-0.15, -0.1) is 0 Å². The van der Waals surface area contributed by atoms with Crippen molar-refractivity contribution in [2.45, 2.75) is 38.3 Å². The topological polar surface area (TPSA) is 50.2 Å². The molecule has 3 heterocycles. The number of nitrogens with one attached hydrogen (secondary N) is 1. The van der Waals surface area contributed by atoms with Crippen LogP contribution in [-0.4, -0.2) is 40.2 Å². The summed E-state index contributed by atoms with van der Waals surface area (Å²) >= 11 is 0. The van der Waals surface area contributed by atoms with Crippen LogP contribution in [0.5, 0.6) is 0 Å². The molecule has 2 fully saturated rings. The van der Waals surface area contributed by atoms with Crippen LogP contribution in [0.15, 0.2) is 36.5 Å². The van der Waals surface area contributed by atoms with E-state index in [0.717, 1.165) is 32.4 Å². The summed E-state index contributed by atoms with van der Waals surface area (Å²) in [6.45, 7) is 4.66. The molecule has 2 aliphatic heterocycles. The van der Waals surface area contributed by atoms with Gasteiger partial charge < -0.3 is 10.2 Å². The second-order valence-corrected chi connectivity index (χ2v) is 7.52. The Morgan fingerprint density at radius 1 is 1.31 bits per heavy atom. The van der Waals surface area contributed by atoms with Gasteiger partial charge in [0.1, 0.15) is 11.5 Å². The van der Waals surface area contributed by atoms with Crippen molar-refractivity contribution in [2.75, 3.05) is 19.6 Å². The molecule has 2 aromatic rings. The maximum Gasteiger partial charge on any atom is 0.274 e. The van der Waals surface area contributed by atoms with Crippen molar-refractivity contribution in [1.29, 1.82) is 0 Å². The van der Waals surface area contributed by atoms with Gasteiger partial charge in [0.15, 0.2) is 0 Å². The normalized spacial score (nSPS) is 26.2. The van der Waals surface area contributed by atoms with Gasteiger partial charge in [-0.1, -0.05) is 25.1 Å². The van der Waals surface area contributed by atoms with Gasteiger partial charge in [0.05, 0.1) is 12.1 Å². The third kappa shape index (κ3) is 3.26. The number of carbonyl (C=O) groups excluding carboxylic acids is 1. The molecule has 3 atom stereocenters. The molecule has 6 heteroatoms. The zero-order chi connectivity index (χ0) is 18.1. The highest BCUT2D eigenvalue weighted by Crippen LogP contribution is 2.37. The molecule has 0 bridgehead atoms. The lowest BCUT2D eigenvalue weighted by Gasteiger charge is -2.25. The van der Waals surface area contributed by atoms with E-state index in [-0.39, 0.29) is 17.8 Å². The van der Waals surface area contributed by atoms with Crippen molar-refractivity contribution in [3.8, 4) is 0 Å². The van der Waals surface area contributed by atoms with Crippen LogP contribution in [0.25, 0.3) is 0 Å². The number of hydrogen-bond donors (Lipinski definition) is 1. The maximum atomic E-state index is 14.3. The third-order valence-corrected chi connectivity index (χ3v) is 5.51. The summed E-state index contributed by atoms with van der Waals surface area (Å²) in [5, 5.41) is 7.92. The largest absolute Gasteiger partial charge is 0.330 e. The summed E-state index contributed by atoms with van der Waals surface area (Å²) in [7, 11) is 0.